The highest BCUT2D eigenvalue weighted by molar-refractivity contribution is 5.95. The minimum absolute atomic E-state index is 0.0903. The molecule has 0 spiro atoms. The van der Waals surface area contributed by atoms with Crippen LogP contribution in [0.4, 0.5) is 17.6 Å². The summed E-state index contributed by atoms with van der Waals surface area (Å²) in [7, 11) is 0. The maximum absolute atomic E-state index is 13.4. The second-order valence-electron chi connectivity index (χ2n) is 8.14. The first-order valence-corrected chi connectivity index (χ1v) is 10.6. The van der Waals surface area contributed by atoms with Crippen molar-refractivity contribution in [3.8, 4) is 11.1 Å². The van der Waals surface area contributed by atoms with E-state index in [1.807, 2.05) is 0 Å². The number of aliphatic hydroxyl groups is 2. The fraction of sp³-hybridized carbons (Fsp3) is 0.292. The van der Waals surface area contributed by atoms with Gasteiger partial charge in [0, 0.05) is 5.39 Å². The summed E-state index contributed by atoms with van der Waals surface area (Å²) >= 11 is 0. The van der Waals surface area contributed by atoms with Gasteiger partial charge in [0.1, 0.15) is 11.5 Å². The minimum atomic E-state index is -4.89. The summed E-state index contributed by atoms with van der Waals surface area (Å²) in [6.45, 7) is 2.89. The summed E-state index contributed by atoms with van der Waals surface area (Å²) in [5.41, 5.74) is -0.496. The lowest BCUT2D eigenvalue weighted by molar-refractivity contribution is -0.269. The number of aliphatic hydroxyl groups excluding tert-OH is 1. The Bertz CT molecular complexity index is 1320. The molecule has 0 radical (unpaired) electrons. The van der Waals surface area contributed by atoms with Crippen LogP contribution in [0.5, 0.6) is 0 Å². The number of benzene rings is 2. The number of fused-ring (bicyclic) bond motifs is 1. The molecule has 2 aromatic carbocycles. The fourth-order valence-electron chi connectivity index (χ4n) is 3.75. The van der Waals surface area contributed by atoms with Crippen molar-refractivity contribution in [2.24, 2.45) is 0 Å². The highest BCUT2D eigenvalue weighted by Gasteiger charge is 2.55. The van der Waals surface area contributed by atoms with Gasteiger partial charge >= 0.3 is 6.18 Å². The van der Waals surface area contributed by atoms with Crippen molar-refractivity contribution in [1.82, 2.24) is 20.0 Å². The molecular formula is C24H22F4N4O2. The zero-order chi connectivity index (χ0) is 24.7. The van der Waals surface area contributed by atoms with Gasteiger partial charge in [-0.3, -0.25) is 4.98 Å². The normalized spacial score (nSPS) is 14.8. The van der Waals surface area contributed by atoms with Gasteiger partial charge < -0.3 is 10.2 Å². The third-order valence-corrected chi connectivity index (χ3v) is 5.76. The molecule has 0 fully saturated rings. The van der Waals surface area contributed by atoms with Gasteiger partial charge in [0.05, 0.1) is 30.1 Å². The number of hydrogen-bond donors (Lipinski definition) is 2. The predicted molar refractivity (Wildman–Crippen MR) is 117 cm³/mol. The van der Waals surface area contributed by atoms with Crippen LogP contribution in [-0.4, -0.2) is 36.4 Å². The summed E-state index contributed by atoms with van der Waals surface area (Å²) in [4.78, 5) is 4.51. The minimum Gasteiger partial charge on any atom is -0.387 e. The number of aromatic nitrogens is 4. The van der Waals surface area contributed by atoms with Gasteiger partial charge in [0.25, 0.3) is 0 Å². The first kappa shape index (κ1) is 23.8. The molecule has 2 aromatic heterocycles. The molecule has 0 saturated heterocycles. The van der Waals surface area contributed by atoms with Crippen LogP contribution in [0.3, 0.4) is 0 Å². The van der Waals surface area contributed by atoms with E-state index in [0.717, 1.165) is 22.7 Å². The molecule has 0 aliphatic heterocycles. The molecule has 4 aromatic rings. The Labute approximate surface area is 192 Å². The largest absolute Gasteiger partial charge is 0.423 e. The molecule has 2 atom stereocenters. The van der Waals surface area contributed by atoms with Crippen molar-refractivity contribution in [2.75, 3.05) is 0 Å². The third-order valence-electron chi connectivity index (χ3n) is 5.76. The monoisotopic (exact) mass is 474 g/mol. The Kier molecular flexibility index (Phi) is 6.13. The summed E-state index contributed by atoms with van der Waals surface area (Å²) < 4.78 is 54.6. The number of halogens is 4. The highest BCUT2D eigenvalue weighted by Crippen LogP contribution is 2.40. The van der Waals surface area contributed by atoms with Gasteiger partial charge in [0.2, 0.25) is 5.60 Å². The average molecular weight is 474 g/mol. The molecule has 4 rings (SSSR count). The molecular weight excluding hydrogens is 452 g/mol. The molecule has 34 heavy (non-hydrogen) atoms. The van der Waals surface area contributed by atoms with Crippen molar-refractivity contribution in [3.63, 3.8) is 0 Å². The molecule has 2 N–H and O–H groups in total. The van der Waals surface area contributed by atoms with Gasteiger partial charge in [-0.15, -0.1) is 5.10 Å². The smallest absolute Gasteiger partial charge is 0.387 e. The third kappa shape index (κ3) is 4.38. The van der Waals surface area contributed by atoms with E-state index in [1.54, 1.807) is 43.3 Å². The molecule has 2 unspecified atom stereocenters. The van der Waals surface area contributed by atoms with E-state index in [-0.39, 0.29) is 12.4 Å². The number of pyridine rings is 1. The van der Waals surface area contributed by atoms with Crippen LogP contribution >= 0.6 is 0 Å². The Hall–Kier alpha value is -3.37. The van der Waals surface area contributed by atoms with Crippen molar-refractivity contribution in [2.45, 2.75) is 44.7 Å². The standard InChI is InChI=1S/C24H22F4N4O2/c1-3-23(34,24(26,27)28)22-13-32(31-30-22)12-15-4-9-18-19(16-5-7-17(25)8-6-16)11-20(14(2)33)29-21(18)10-15/h4-11,13-14,33-34H,3,12H2,1-2H3. The Morgan fingerprint density at radius 3 is 2.38 bits per heavy atom. The average Bonchev–Trinajstić information content (AvgIpc) is 3.26. The van der Waals surface area contributed by atoms with E-state index < -0.39 is 30.0 Å². The zero-order valence-corrected chi connectivity index (χ0v) is 18.4. The van der Waals surface area contributed by atoms with E-state index in [9.17, 15) is 27.8 Å². The van der Waals surface area contributed by atoms with Gasteiger partial charge in [-0.2, -0.15) is 13.2 Å². The summed E-state index contributed by atoms with van der Waals surface area (Å²) in [5, 5.41) is 28.3. The van der Waals surface area contributed by atoms with E-state index in [1.165, 1.54) is 23.7 Å². The molecule has 0 saturated carbocycles. The number of nitrogens with zero attached hydrogens (tertiary/aromatic N) is 4. The second-order valence-corrected chi connectivity index (χ2v) is 8.14. The first-order chi connectivity index (χ1) is 16.0. The maximum atomic E-state index is 13.4. The van der Waals surface area contributed by atoms with Crippen LogP contribution in [0, 0.1) is 5.82 Å². The van der Waals surface area contributed by atoms with E-state index in [2.05, 4.69) is 15.3 Å². The van der Waals surface area contributed by atoms with Crippen molar-refractivity contribution < 1.29 is 27.8 Å². The van der Waals surface area contributed by atoms with Crippen LogP contribution in [0.25, 0.3) is 22.0 Å². The molecule has 0 bridgehead atoms. The Balaban J connectivity index is 1.72. The van der Waals surface area contributed by atoms with E-state index in [0.29, 0.717) is 16.8 Å². The lowest BCUT2D eigenvalue weighted by Gasteiger charge is -2.26. The quantitative estimate of drug-likeness (QED) is 0.389. The van der Waals surface area contributed by atoms with Crippen LogP contribution in [0.2, 0.25) is 0 Å². The van der Waals surface area contributed by atoms with E-state index in [4.69, 9.17) is 0 Å². The fourth-order valence-corrected chi connectivity index (χ4v) is 3.75. The van der Waals surface area contributed by atoms with Crippen LogP contribution < -0.4 is 0 Å². The summed E-state index contributed by atoms with van der Waals surface area (Å²) in [6, 6.07) is 13.0. The van der Waals surface area contributed by atoms with Crippen molar-refractivity contribution in [3.05, 3.63) is 77.5 Å². The first-order valence-electron chi connectivity index (χ1n) is 10.6. The maximum Gasteiger partial charge on any atom is 0.423 e. The van der Waals surface area contributed by atoms with Gasteiger partial charge in [-0.1, -0.05) is 36.4 Å². The number of rotatable bonds is 6. The number of hydrogen-bond acceptors (Lipinski definition) is 5. The van der Waals surface area contributed by atoms with Gasteiger partial charge in [0.15, 0.2) is 0 Å². The lowest BCUT2D eigenvalue weighted by atomic mass is 9.96. The molecule has 2 heterocycles. The van der Waals surface area contributed by atoms with Crippen molar-refractivity contribution in [1.29, 1.82) is 0 Å². The van der Waals surface area contributed by atoms with Crippen LogP contribution in [0.15, 0.2) is 54.7 Å². The zero-order valence-electron chi connectivity index (χ0n) is 18.4. The summed E-state index contributed by atoms with van der Waals surface area (Å²) in [6.07, 6.45) is -5.25. The molecule has 0 amide bonds. The van der Waals surface area contributed by atoms with E-state index >= 15 is 0 Å². The van der Waals surface area contributed by atoms with Crippen LogP contribution in [0.1, 0.15) is 43.3 Å². The SMILES string of the molecule is CCC(O)(c1cn(Cc2ccc3c(-c4ccc(F)cc4)cc(C(C)O)nc3c2)nn1)C(F)(F)F. The molecule has 6 nitrogen and oxygen atoms in total. The summed E-state index contributed by atoms with van der Waals surface area (Å²) in [5.74, 6) is -0.368. The molecule has 178 valence electrons. The molecule has 10 heteroatoms. The Morgan fingerprint density at radius 1 is 1.06 bits per heavy atom. The number of alkyl halides is 3. The second kappa shape index (κ2) is 8.77. The van der Waals surface area contributed by atoms with Gasteiger partial charge in [-0.05, 0) is 54.3 Å². The van der Waals surface area contributed by atoms with Crippen molar-refractivity contribution >= 4 is 10.9 Å². The molecule has 0 aliphatic carbocycles. The highest BCUT2D eigenvalue weighted by atomic mass is 19.4. The van der Waals surface area contributed by atoms with Crippen LogP contribution in [-0.2, 0) is 12.1 Å². The van der Waals surface area contributed by atoms with Gasteiger partial charge in [-0.25, -0.2) is 9.07 Å². The lowest BCUT2D eigenvalue weighted by Crippen LogP contribution is -2.42. The topological polar surface area (TPSA) is 84.1 Å². The Morgan fingerprint density at radius 2 is 1.76 bits per heavy atom. The predicted octanol–water partition coefficient (Wildman–Crippen LogP) is 4.89. The molecule has 0 aliphatic rings.